The van der Waals surface area contributed by atoms with Crippen LogP contribution in [0.15, 0.2) is 50.8 Å². The molecule has 2 heterocycles. The molecule has 1 aliphatic carbocycles. The summed E-state index contributed by atoms with van der Waals surface area (Å²) >= 11 is 4.93. The average molecular weight is 460 g/mol. The largest absolute Gasteiger partial charge is 0.339 e. The number of benzene rings is 1. The van der Waals surface area contributed by atoms with Gasteiger partial charge in [0.15, 0.2) is 0 Å². The minimum absolute atomic E-state index is 0.120. The van der Waals surface area contributed by atoms with E-state index < -0.39 is 0 Å². The maximum Gasteiger partial charge on any atom is 0.264 e. The molecule has 1 aromatic carbocycles. The van der Waals surface area contributed by atoms with E-state index in [1.165, 1.54) is 30.6 Å². The molecule has 7 heteroatoms. The van der Waals surface area contributed by atoms with Crippen molar-refractivity contribution >= 4 is 33.2 Å². The summed E-state index contributed by atoms with van der Waals surface area (Å²) in [4.78, 5) is 20.4. The van der Waals surface area contributed by atoms with Crippen LogP contribution in [0, 0.1) is 0 Å². The number of carbonyl (C=O) groups excluding carboxylic acids is 1. The molecule has 0 saturated heterocycles. The molecule has 1 saturated carbocycles. The van der Waals surface area contributed by atoms with Crippen molar-refractivity contribution < 1.29 is 9.32 Å². The zero-order chi connectivity index (χ0) is 19.3. The van der Waals surface area contributed by atoms with Crippen molar-refractivity contribution in [2.45, 2.75) is 44.6 Å². The van der Waals surface area contributed by atoms with Gasteiger partial charge in [0.2, 0.25) is 11.7 Å². The number of thiophene rings is 1. The van der Waals surface area contributed by atoms with Crippen LogP contribution >= 0.6 is 27.3 Å². The van der Waals surface area contributed by atoms with Gasteiger partial charge in [-0.15, -0.1) is 11.3 Å². The average Bonchev–Trinajstić information content (AvgIpc) is 3.42. The Morgan fingerprint density at radius 2 is 1.96 bits per heavy atom. The fourth-order valence-electron chi connectivity index (χ4n) is 3.67. The maximum atomic E-state index is 13.1. The Hall–Kier alpha value is -1.99. The van der Waals surface area contributed by atoms with Crippen LogP contribution in [0.3, 0.4) is 0 Å². The SMILES string of the molecule is O=C(c1cccs1)N(CCc1nc(-c2ccc(Br)cc2)no1)C1CCCCC1. The van der Waals surface area contributed by atoms with Gasteiger partial charge < -0.3 is 9.42 Å². The van der Waals surface area contributed by atoms with Crippen LogP contribution in [-0.2, 0) is 6.42 Å². The van der Waals surface area contributed by atoms with Gasteiger partial charge in [-0.2, -0.15) is 4.98 Å². The molecule has 0 atom stereocenters. The smallest absolute Gasteiger partial charge is 0.264 e. The van der Waals surface area contributed by atoms with Gasteiger partial charge >= 0.3 is 0 Å². The molecule has 146 valence electrons. The molecule has 0 radical (unpaired) electrons. The van der Waals surface area contributed by atoms with E-state index in [0.717, 1.165) is 27.8 Å². The lowest BCUT2D eigenvalue weighted by Crippen LogP contribution is -2.42. The van der Waals surface area contributed by atoms with Crippen molar-refractivity contribution in [2.24, 2.45) is 0 Å². The Labute approximate surface area is 176 Å². The van der Waals surface area contributed by atoms with Gasteiger partial charge in [-0.1, -0.05) is 46.4 Å². The first-order valence-electron chi connectivity index (χ1n) is 9.64. The first-order chi connectivity index (χ1) is 13.7. The number of halogens is 1. The standard InChI is InChI=1S/C21H22BrN3O2S/c22-16-10-8-15(9-11-16)20-23-19(27-24-20)12-13-25(17-5-2-1-3-6-17)21(26)18-7-4-14-28-18/h4,7-11,14,17H,1-3,5-6,12-13H2. The van der Waals surface area contributed by atoms with Gasteiger partial charge in [0.1, 0.15) is 0 Å². The Morgan fingerprint density at radius 1 is 1.18 bits per heavy atom. The second-order valence-corrected chi connectivity index (χ2v) is 8.90. The molecule has 5 nitrogen and oxygen atoms in total. The normalized spacial score (nSPS) is 14.9. The van der Waals surface area contributed by atoms with Gasteiger partial charge in [0.25, 0.3) is 5.91 Å². The van der Waals surface area contributed by atoms with Crippen LogP contribution in [0.1, 0.15) is 47.7 Å². The van der Waals surface area contributed by atoms with Crippen LogP contribution in [0.2, 0.25) is 0 Å². The van der Waals surface area contributed by atoms with E-state index in [1.54, 1.807) is 0 Å². The quantitative estimate of drug-likeness (QED) is 0.482. The number of carbonyl (C=O) groups is 1. The van der Waals surface area contributed by atoms with Crippen molar-refractivity contribution in [1.29, 1.82) is 0 Å². The Balaban J connectivity index is 1.46. The molecular formula is C21H22BrN3O2S. The predicted molar refractivity (Wildman–Crippen MR) is 113 cm³/mol. The van der Waals surface area contributed by atoms with Crippen molar-refractivity contribution in [2.75, 3.05) is 6.54 Å². The molecule has 0 bridgehead atoms. The van der Waals surface area contributed by atoms with Gasteiger partial charge in [0.05, 0.1) is 4.88 Å². The highest BCUT2D eigenvalue weighted by Gasteiger charge is 2.27. The summed E-state index contributed by atoms with van der Waals surface area (Å²) < 4.78 is 6.46. The predicted octanol–water partition coefficient (Wildman–Crippen LogP) is 5.58. The first kappa shape index (κ1) is 19.3. The third-order valence-corrected chi connectivity index (χ3v) is 6.53. The molecule has 1 amide bonds. The second kappa shape index (κ2) is 9.01. The monoisotopic (exact) mass is 459 g/mol. The zero-order valence-corrected chi connectivity index (χ0v) is 17.9. The topological polar surface area (TPSA) is 59.2 Å². The summed E-state index contributed by atoms with van der Waals surface area (Å²) in [6.07, 6.45) is 6.35. The van der Waals surface area contributed by atoms with Crippen LogP contribution in [0.5, 0.6) is 0 Å². The molecule has 1 fully saturated rings. The summed E-state index contributed by atoms with van der Waals surface area (Å²) in [7, 11) is 0. The molecule has 0 unspecified atom stereocenters. The summed E-state index contributed by atoms with van der Waals surface area (Å²) in [6, 6.07) is 11.9. The highest BCUT2D eigenvalue weighted by molar-refractivity contribution is 9.10. The Bertz CT molecular complexity index is 902. The van der Waals surface area contributed by atoms with Crippen molar-refractivity contribution in [3.05, 3.63) is 57.0 Å². The second-order valence-electron chi connectivity index (χ2n) is 7.04. The summed E-state index contributed by atoms with van der Waals surface area (Å²) in [5.74, 6) is 1.27. The fourth-order valence-corrected chi connectivity index (χ4v) is 4.62. The van der Waals surface area contributed by atoms with E-state index in [0.29, 0.717) is 30.7 Å². The van der Waals surface area contributed by atoms with Crippen LogP contribution in [-0.4, -0.2) is 33.5 Å². The lowest BCUT2D eigenvalue weighted by molar-refractivity contribution is 0.0637. The molecule has 0 N–H and O–H groups in total. The minimum Gasteiger partial charge on any atom is -0.339 e. The molecule has 3 aromatic rings. The number of nitrogens with zero attached hydrogens (tertiary/aromatic N) is 3. The van der Waals surface area contributed by atoms with Crippen molar-refractivity contribution in [3.8, 4) is 11.4 Å². The summed E-state index contributed by atoms with van der Waals surface area (Å²) in [5.41, 5.74) is 0.914. The number of aromatic nitrogens is 2. The van der Waals surface area contributed by atoms with E-state index in [4.69, 9.17) is 4.52 Å². The minimum atomic E-state index is 0.120. The lowest BCUT2D eigenvalue weighted by Gasteiger charge is -2.34. The molecule has 1 aliphatic rings. The van der Waals surface area contributed by atoms with Gasteiger partial charge in [-0.3, -0.25) is 4.79 Å². The number of amides is 1. The van der Waals surface area contributed by atoms with E-state index in [-0.39, 0.29) is 5.91 Å². The van der Waals surface area contributed by atoms with Crippen molar-refractivity contribution in [1.82, 2.24) is 15.0 Å². The van der Waals surface area contributed by atoms with Crippen molar-refractivity contribution in [3.63, 3.8) is 0 Å². The highest BCUT2D eigenvalue weighted by atomic mass is 79.9. The number of hydrogen-bond acceptors (Lipinski definition) is 5. The zero-order valence-electron chi connectivity index (χ0n) is 15.5. The molecule has 0 spiro atoms. The summed E-state index contributed by atoms with van der Waals surface area (Å²) in [5, 5.41) is 6.05. The van der Waals surface area contributed by atoms with Crippen LogP contribution in [0.25, 0.3) is 11.4 Å². The third-order valence-electron chi connectivity index (χ3n) is 5.15. The Morgan fingerprint density at radius 3 is 2.68 bits per heavy atom. The molecule has 0 aliphatic heterocycles. The lowest BCUT2D eigenvalue weighted by atomic mass is 9.94. The van der Waals surface area contributed by atoms with E-state index in [9.17, 15) is 4.79 Å². The fraction of sp³-hybridized carbons (Fsp3) is 0.381. The number of rotatable bonds is 6. The van der Waals surface area contributed by atoms with E-state index in [2.05, 4.69) is 26.1 Å². The molecular weight excluding hydrogens is 438 g/mol. The van der Waals surface area contributed by atoms with E-state index in [1.807, 2.05) is 46.7 Å². The Kier molecular flexibility index (Phi) is 6.22. The number of hydrogen-bond donors (Lipinski definition) is 0. The summed E-state index contributed by atoms with van der Waals surface area (Å²) in [6.45, 7) is 0.601. The van der Waals surface area contributed by atoms with Gasteiger partial charge in [-0.05, 0) is 48.6 Å². The molecule has 2 aromatic heterocycles. The third kappa shape index (κ3) is 4.52. The maximum absolute atomic E-state index is 13.1. The first-order valence-corrected chi connectivity index (χ1v) is 11.3. The molecule has 28 heavy (non-hydrogen) atoms. The van der Waals surface area contributed by atoms with E-state index >= 15 is 0 Å². The molecule has 4 rings (SSSR count). The van der Waals surface area contributed by atoms with Crippen LogP contribution < -0.4 is 0 Å². The van der Waals surface area contributed by atoms with Gasteiger partial charge in [-0.25, -0.2) is 0 Å². The van der Waals surface area contributed by atoms with Gasteiger partial charge in [0, 0.05) is 29.0 Å². The van der Waals surface area contributed by atoms with Crippen LogP contribution in [0.4, 0.5) is 0 Å². The highest BCUT2D eigenvalue weighted by Crippen LogP contribution is 2.26.